The fourth-order valence-corrected chi connectivity index (χ4v) is 1.27. The highest BCUT2D eigenvalue weighted by Crippen LogP contribution is 2.21. The molecule has 1 heterocycles. The second kappa shape index (κ2) is 2.71. The summed E-state index contributed by atoms with van der Waals surface area (Å²) < 4.78 is -0.541. The number of hydrogen-bond donors (Lipinski definition) is 1. The Bertz CT molecular complexity index is 297. The van der Waals surface area contributed by atoms with E-state index in [0.717, 1.165) is 0 Å². The highest BCUT2D eigenvalue weighted by molar-refractivity contribution is 5.45. The summed E-state index contributed by atoms with van der Waals surface area (Å²) in [5, 5.41) is 11.8. The van der Waals surface area contributed by atoms with Gasteiger partial charge in [0.25, 0.3) is 0 Å². The van der Waals surface area contributed by atoms with Gasteiger partial charge < -0.3 is 5.21 Å². The smallest absolute Gasteiger partial charge is 0.157 e. The number of para-hydroxylation sites is 1. The van der Waals surface area contributed by atoms with E-state index >= 15 is 0 Å². The van der Waals surface area contributed by atoms with E-state index in [9.17, 15) is 5.21 Å². The minimum atomic E-state index is -0.541. The zero-order valence-electron chi connectivity index (χ0n) is 6.60. The van der Waals surface area contributed by atoms with Gasteiger partial charge in [0.2, 0.25) is 0 Å². The molecule has 1 atom stereocenters. The molecule has 0 radical (unpaired) electrons. The van der Waals surface area contributed by atoms with Gasteiger partial charge in [-0.25, -0.2) is 4.76 Å². The second-order valence-corrected chi connectivity index (χ2v) is 2.74. The molecule has 0 aliphatic carbocycles. The van der Waals surface area contributed by atoms with Crippen molar-refractivity contribution in [1.82, 2.24) is 10.2 Å². The highest BCUT2D eigenvalue weighted by Gasteiger charge is 2.19. The van der Waals surface area contributed by atoms with Crippen LogP contribution in [0.2, 0.25) is 0 Å². The first kappa shape index (κ1) is 7.49. The minimum absolute atomic E-state index is 0.541. The molecule has 3 nitrogen and oxygen atoms in total. The summed E-state index contributed by atoms with van der Waals surface area (Å²) in [7, 11) is 0. The first-order chi connectivity index (χ1) is 5.81. The topological polar surface area (TPSA) is 35.1 Å². The van der Waals surface area contributed by atoms with Crippen molar-refractivity contribution >= 4 is 5.69 Å². The number of quaternary nitrogens is 1. The van der Waals surface area contributed by atoms with Crippen molar-refractivity contribution in [3.63, 3.8) is 0 Å². The summed E-state index contributed by atoms with van der Waals surface area (Å²) >= 11 is 0. The molecule has 0 bridgehead atoms. The first-order valence-corrected chi connectivity index (χ1v) is 3.89. The Balaban J connectivity index is 2.36. The fraction of sp³-hybridized carbons (Fsp3) is 0.111. The maximum absolute atomic E-state index is 11.8. The van der Waals surface area contributed by atoms with Crippen LogP contribution in [0, 0.1) is 5.21 Å². The minimum Gasteiger partial charge on any atom is -0.602 e. The molecular formula is C9H10N2O. The van der Waals surface area contributed by atoms with Crippen LogP contribution in [-0.4, -0.2) is 6.54 Å². The molecule has 62 valence electrons. The molecule has 2 rings (SSSR count). The lowest BCUT2D eigenvalue weighted by atomic mass is 10.3. The second-order valence-electron chi connectivity index (χ2n) is 2.74. The SMILES string of the molecule is [O-][N+]1(c2ccccc2)C=CCN1. The summed E-state index contributed by atoms with van der Waals surface area (Å²) in [6.45, 7) is 0.637. The van der Waals surface area contributed by atoms with Crippen molar-refractivity contribution in [2.24, 2.45) is 0 Å². The summed E-state index contributed by atoms with van der Waals surface area (Å²) in [5.41, 5.74) is 3.53. The van der Waals surface area contributed by atoms with Gasteiger partial charge in [-0.05, 0) is 6.08 Å². The van der Waals surface area contributed by atoms with Gasteiger partial charge in [-0.15, -0.1) is 0 Å². The molecule has 1 aromatic rings. The van der Waals surface area contributed by atoms with Crippen LogP contribution in [-0.2, 0) is 0 Å². The maximum atomic E-state index is 11.8. The number of nitrogens with zero attached hydrogens (tertiary/aromatic N) is 1. The first-order valence-electron chi connectivity index (χ1n) is 3.89. The molecule has 0 aromatic heterocycles. The average Bonchev–Trinajstić information content (AvgIpc) is 2.55. The van der Waals surface area contributed by atoms with Gasteiger partial charge in [0.1, 0.15) is 6.20 Å². The Hall–Kier alpha value is -1.16. The van der Waals surface area contributed by atoms with Gasteiger partial charge >= 0.3 is 0 Å². The number of nitrogens with one attached hydrogen (secondary N) is 1. The fourth-order valence-electron chi connectivity index (χ4n) is 1.27. The predicted molar refractivity (Wildman–Crippen MR) is 48.7 cm³/mol. The van der Waals surface area contributed by atoms with Gasteiger partial charge in [0.15, 0.2) is 5.69 Å². The summed E-state index contributed by atoms with van der Waals surface area (Å²) in [4.78, 5) is 0. The Morgan fingerprint density at radius 3 is 2.58 bits per heavy atom. The Kier molecular flexibility index (Phi) is 1.69. The van der Waals surface area contributed by atoms with E-state index in [1.54, 1.807) is 6.20 Å². The van der Waals surface area contributed by atoms with E-state index < -0.39 is 4.76 Å². The van der Waals surface area contributed by atoms with Crippen molar-refractivity contribution in [1.29, 1.82) is 0 Å². The third-order valence-corrected chi connectivity index (χ3v) is 1.90. The number of rotatable bonds is 1. The van der Waals surface area contributed by atoms with Crippen LogP contribution in [0.1, 0.15) is 0 Å². The Morgan fingerprint density at radius 1 is 1.25 bits per heavy atom. The van der Waals surface area contributed by atoms with E-state index in [2.05, 4.69) is 5.43 Å². The molecule has 0 saturated carbocycles. The van der Waals surface area contributed by atoms with Crippen LogP contribution in [0.15, 0.2) is 42.6 Å². The van der Waals surface area contributed by atoms with Crippen LogP contribution in [0.25, 0.3) is 0 Å². The van der Waals surface area contributed by atoms with Gasteiger partial charge in [-0.2, -0.15) is 5.43 Å². The molecule has 0 spiro atoms. The summed E-state index contributed by atoms with van der Waals surface area (Å²) in [6, 6.07) is 9.25. The van der Waals surface area contributed by atoms with Crippen molar-refractivity contribution in [3.05, 3.63) is 47.8 Å². The molecule has 0 amide bonds. The lowest BCUT2D eigenvalue weighted by Crippen LogP contribution is -2.46. The van der Waals surface area contributed by atoms with Crippen LogP contribution >= 0.6 is 0 Å². The van der Waals surface area contributed by atoms with Crippen LogP contribution in [0.4, 0.5) is 5.69 Å². The van der Waals surface area contributed by atoms with Crippen LogP contribution in [0.3, 0.4) is 0 Å². The lowest BCUT2D eigenvalue weighted by Gasteiger charge is -2.33. The number of benzene rings is 1. The monoisotopic (exact) mass is 162 g/mol. The van der Waals surface area contributed by atoms with Crippen molar-refractivity contribution < 1.29 is 0 Å². The summed E-state index contributed by atoms with van der Waals surface area (Å²) in [5.74, 6) is 0. The molecule has 0 fully saturated rings. The zero-order chi connectivity index (χ0) is 8.44. The molecule has 3 heteroatoms. The van der Waals surface area contributed by atoms with Crippen molar-refractivity contribution in [3.8, 4) is 0 Å². The van der Waals surface area contributed by atoms with Gasteiger partial charge in [-0.1, -0.05) is 18.2 Å². The molecule has 1 unspecified atom stereocenters. The van der Waals surface area contributed by atoms with E-state index in [1.165, 1.54) is 0 Å². The van der Waals surface area contributed by atoms with Crippen LogP contribution < -0.4 is 10.2 Å². The largest absolute Gasteiger partial charge is 0.602 e. The molecule has 1 N–H and O–H groups in total. The van der Waals surface area contributed by atoms with E-state index in [4.69, 9.17) is 0 Å². The number of hydroxylamine groups is 1. The van der Waals surface area contributed by atoms with Gasteiger partial charge in [-0.3, -0.25) is 0 Å². The molecule has 1 aliphatic heterocycles. The standard InChI is InChI=1S/C9H10N2O/c12-11(8-4-7-10-11)9-5-2-1-3-6-9/h1-6,8,10H,7H2. The number of hydrogen-bond acceptors (Lipinski definition) is 2. The molecular weight excluding hydrogens is 152 g/mol. The zero-order valence-corrected chi connectivity index (χ0v) is 6.60. The third-order valence-electron chi connectivity index (χ3n) is 1.90. The van der Waals surface area contributed by atoms with Gasteiger partial charge in [0.05, 0.1) is 6.54 Å². The molecule has 0 saturated heterocycles. The Morgan fingerprint density at radius 2 is 2.00 bits per heavy atom. The van der Waals surface area contributed by atoms with Crippen molar-refractivity contribution in [2.45, 2.75) is 0 Å². The quantitative estimate of drug-likeness (QED) is 0.502. The Labute approximate surface area is 71.1 Å². The molecule has 12 heavy (non-hydrogen) atoms. The molecule has 1 aromatic carbocycles. The normalized spacial score (nSPS) is 27.8. The summed E-state index contributed by atoms with van der Waals surface area (Å²) in [6.07, 6.45) is 3.44. The highest BCUT2D eigenvalue weighted by atomic mass is 16.6. The van der Waals surface area contributed by atoms with Gasteiger partial charge in [0, 0.05) is 12.1 Å². The van der Waals surface area contributed by atoms with Crippen LogP contribution in [0.5, 0.6) is 0 Å². The van der Waals surface area contributed by atoms with E-state index in [1.807, 2.05) is 36.4 Å². The van der Waals surface area contributed by atoms with E-state index in [0.29, 0.717) is 12.2 Å². The maximum Gasteiger partial charge on any atom is 0.157 e. The lowest BCUT2D eigenvalue weighted by molar-refractivity contribution is 0.409. The van der Waals surface area contributed by atoms with Crippen molar-refractivity contribution in [2.75, 3.05) is 6.54 Å². The average molecular weight is 162 g/mol. The third kappa shape index (κ3) is 1.14. The predicted octanol–water partition coefficient (Wildman–Crippen LogP) is 1.52. The van der Waals surface area contributed by atoms with E-state index in [-0.39, 0.29) is 0 Å². The molecule has 1 aliphatic rings.